The van der Waals surface area contributed by atoms with E-state index in [0.717, 1.165) is 16.8 Å². The molecule has 0 fully saturated rings. The van der Waals surface area contributed by atoms with E-state index in [1.54, 1.807) is 28.8 Å². The number of benzene rings is 2. The Morgan fingerprint density at radius 2 is 2.00 bits per heavy atom. The molecule has 1 unspecified atom stereocenters. The largest absolute Gasteiger partial charge is 0.340 e. The van der Waals surface area contributed by atoms with Crippen LogP contribution in [-0.2, 0) is 11.3 Å². The van der Waals surface area contributed by atoms with Crippen molar-refractivity contribution in [2.24, 2.45) is 0 Å². The molecule has 0 spiro atoms. The number of tetrazole rings is 1. The summed E-state index contributed by atoms with van der Waals surface area (Å²) >= 11 is 1.29. The van der Waals surface area contributed by atoms with E-state index in [4.69, 9.17) is 0 Å². The van der Waals surface area contributed by atoms with Gasteiger partial charge in [0, 0.05) is 13.6 Å². The molecule has 0 saturated carbocycles. The second-order valence-electron chi connectivity index (χ2n) is 6.73. The summed E-state index contributed by atoms with van der Waals surface area (Å²) in [5, 5.41) is 12.0. The van der Waals surface area contributed by atoms with Gasteiger partial charge in [-0.25, -0.2) is 4.39 Å². The maximum atomic E-state index is 13.4. The molecule has 6 nitrogen and oxygen atoms in total. The van der Waals surface area contributed by atoms with Gasteiger partial charge >= 0.3 is 0 Å². The van der Waals surface area contributed by atoms with Crippen molar-refractivity contribution in [2.75, 3.05) is 7.05 Å². The van der Waals surface area contributed by atoms with Gasteiger partial charge in [-0.05, 0) is 72.2 Å². The van der Waals surface area contributed by atoms with Crippen LogP contribution in [0.25, 0.3) is 5.69 Å². The molecule has 146 valence electrons. The third-order valence-electron chi connectivity index (χ3n) is 4.49. The molecule has 3 rings (SSSR count). The van der Waals surface area contributed by atoms with Crippen LogP contribution in [-0.4, -0.2) is 43.3 Å². The molecule has 0 aliphatic rings. The van der Waals surface area contributed by atoms with E-state index >= 15 is 0 Å². The van der Waals surface area contributed by atoms with Gasteiger partial charge in [0.25, 0.3) is 0 Å². The average molecular weight is 399 g/mol. The Morgan fingerprint density at radius 1 is 1.21 bits per heavy atom. The third kappa shape index (κ3) is 4.56. The van der Waals surface area contributed by atoms with Crippen LogP contribution in [0.3, 0.4) is 0 Å². The van der Waals surface area contributed by atoms with E-state index in [2.05, 4.69) is 15.5 Å². The highest BCUT2D eigenvalue weighted by Gasteiger charge is 2.22. The Balaban J connectivity index is 1.71. The zero-order chi connectivity index (χ0) is 20.3. The monoisotopic (exact) mass is 399 g/mol. The topological polar surface area (TPSA) is 63.9 Å². The SMILES string of the molecule is Cc1ccc(-n2nnnc2SC(C)C(=O)N(C)Cc2cccc(F)c2)cc1C. The van der Waals surface area contributed by atoms with Crippen molar-refractivity contribution < 1.29 is 9.18 Å². The first-order valence-electron chi connectivity index (χ1n) is 8.87. The van der Waals surface area contributed by atoms with Crippen molar-refractivity contribution in [3.63, 3.8) is 0 Å². The number of thioether (sulfide) groups is 1. The van der Waals surface area contributed by atoms with Crippen molar-refractivity contribution in [1.29, 1.82) is 0 Å². The Labute approximate surface area is 167 Å². The molecule has 8 heteroatoms. The van der Waals surface area contributed by atoms with Crippen molar-refractivity contribution >= 4 is 17.7 Å². The van der Waals surface area contributed by atoms with Crippen molar-refractivity contribution in [1.82, 2.24) is 25.1 Å². The molecule has 0 radical (unpaired) electrons. The first kappa shape index (κ1) is 20.0. The molecule has 0 saturated heterocycles. The number of hydrogen-bond acceptors (Lipinski definition) is 5. The molecular weight excluding hydrogens is 377 g/mol. The van der Waals surface area contributed by atoms with Crippen LogP contribution < -0.4 is 0 Å². The smallest absolute Gasteiger partial charge is 0.235 e. The summed E-state index contributed by atoms with van der Waals surface area (Å²) in [5.41, 5.74) is 3.92. The molecule has 1 heterocycles. The molecule has 28 heavy (non-hydrogen) atoms. The second-order valence-corrected chi connectivity index (χ2v) is 8.03. The fraction of sp³-hybridized carbons (Fsp3) is 0.300. The van der Waals surface area contributed by atoms with E-state index in [9.17, 15) is 9.18 Å². The lowest BCUT2D eigenvalue weighted by Crippen LogP contribution is -2.33. The van der Waals surface area contributed by atoms with Crippen LogP contribution in [0.4, 0.5) is 4.39 Å². The fourth-order valence-electron chi connectivity index (χ4n) is 2.78. The lowest BCUT2D eigenvalue weighted by molar-refractivity contribution is -0.129. The number of carbonyl (C=O) groups is 1. The van der Waals surface area contributed by atoms with Crippen molar-refractivity contribution in [3.05, 3.63) is 65.0 Å². The molecule has 0 aliphatic heterocycles. The Morgan fingerprint density at radius 3 is 2.71 bits per heavy atom. The number of aromatic nitrogens is 4. The summed E-state index contributed by atoms with van der Waals surface area (Å²) in [6, 6.07) is 12.2. The predicted molar refractivity (Wildman–Crippen MR) is 107 cm³/mol. The zero-order valence-corrected chi connectivity index (χ0v) is 17.1. The fourth-order valence-corrected chi connectivity index (χ4v) is 3.70. The highest BCUT2D eigenvalue weighted by Crippen LogP contribution is 2.25. The van der Waals surface area contributed by atoms with E-state index < -0.39 is 5.25 Å². The van der Waals surface area contributed by atoms with Gasteiger partial charge in [0.05, 0.1) is 10.9 Å². The lowest BCUT2D eigenvalue weighted by Gasteiger charge is -2.21. The van der Waals surface area contributed by atoms with Crippen LogP contribution in [0.15, 0.2) is 47.6 Å². The van der Waals surface area contributed by atoms with Gasteiger partial charge in [0.2, 0.25) is 11.1 Å². The Kier molecular flexibility index (Phi) is 6.08. The van der Waals surface area contributed by atoms with Crippen LogP contribution in [0.5, 0.6) is 0 Å². The number of hydrogen-bond donors (Lipinski definition) is 0. The summed E-state index contributed by atoms with van der Waals surface area (Å²) in [5.74, 6) is -0.391. The summed E-state index contributed by atoms with van der Waals surface area (Å²) < 4.78 is 15.0. The van der Waals surface area contributed by atoms with Gasteiger partial charge in [0.1, 0.15) is 5.82 Å². The van der Waals surface area contributed by atoms with Crippen LogP contribution in [0.1, 0.15) is 23.6 Å². The zero-order valence-electron chi connectivity index (χ0n) is 16.3. The number of rotatable bonds is 6. The molecule has 0 bridgehead atoms. The van der Waals surface area contributed by atoms with E-state index in [1.165, 1.54) is 29.5 Å². The quantitative estimate of drug-likeness (QED) is 0.593. The maximum Gasteiger partial charge on any atom is 0.235 e. The average Bonchev–Trinajstić information content (AvgIpc) is 3.11. The van der Waals surface area contributed by atoms with Crippen LogP contribution in [0, 0.1) is 19.7 Å². The molecular formula is C20H22FN5OS. The minimum Gasteiger partial charge on any atom is -0.340 e. The van der Waals surface area contributed by atoms with Gasteiger partial charge in [-0.1, -0.05) is 30.0 Å². The third-order valence-corrected chi connectivity index (χ3v) is 5.51. The molecule has 1 amide bonds. The van der Waals surface area contributed by atoms with Crippen LogP contribution in [0.2, 0.25) is 0 Å². The summed E-state index contributed by atoms with van der Waals surface area (Å²) in [4.78, 5) is 14.3. The highest BCUT2D eigenvalue weighted by molar-refractivity contribution is 8.00. The minimum absolute atomic E-state index is 0.0797. The molecule has 0 N–H and O–H groups in total. The molecule has 1 aromatic heterocycles. The number of halogens is 1. The Bertz CT molecular complexity index is 990. The van der Waals surface area contributed by atoms with Gasteiger partial charge < -0.3 is 4.90 Å². The minimum atomic E-state index is -0.394. The molecule has 0 aliphatic carbocycles. The predicted octanol–water partition coefficient (Wildman–Crippen LogP) is 3.56. The standard InChI is InChI=1S/C20H22FN5OS/c1-13-8-9-18(10-14(13)2)26-20(22-23-24-26)28-15(3)19(27)25(4)12-16-6-5-7-17(21)11-16/h5-11,15H,12H2,1-4H3. The number of nitrogens with zero attached hydrogens (tertiary/aromatic N) is 5. The number of aryl methyl sites for hydroxylation is 2. The number of amides is 1. The highest BCUT2D eigenvalue weighted by atomic mass is 32.2. The van der Waals surface area contributed by atoms with Gasteiger partial charge in [-0.3, -0.25) is 4.79 Å². The molecule has 1 atom stereocenters. The second kappa shape index (κ2) is 8.52. The first-order valence-corrected chi connectivity index (χ1v) is 9.75. The Hall–Kier alpha value is -2.74. The molecule has 3 aromatic rings. The normalized spacial score (nSPS) is 12.0. The lowest BCUT2D eigenvalue weighted by atomic mass is 10.1. The maximum absolute atomic E-state index is 13.4. The summed E-state index contributed by atoms with van der Waals surface area (Å²) in [7, 11) is 1.70. The van der Waals surface area contributed by atoms with Gasteiger partial charge in [-0.2, -0.15) is 4.68 Å². The van der Waals surface area contributed by atoms with Gasteiger partial charge in [-0.15, -0.1) is 5.10 Å². The number of carbonyl (C=O) groups excluding carboxylic acids is 1. The van der Waals surface area contributed by atoms with Gasteiger partial charge in [0.15, 0.2) is 0 Å². The van der Waals surface area contributed by atoms with Crippen molar-refractivity contribution in [3.8, 4) is 5.69 Å². The van der Waals surface area contributed by atoms with E-state index in [-0.39, 0.29) is 11.7 Å². The van der Waals surface area contributed by atoms with E-state index in [1.807, 2.05) is 39.0 Å². The summed E-state index contributed by atoms with van der Waals surface area (Å²) in [6.45, 7) is 6.23. The van der Waals surface area contributed by atoms with E-state index in [0.29, 0.717) is 11.7 Å². The molecule has 2 aromatic carbocycles. The van der Waals surface area contributed by atoms with Crippen LogP contribution >= 0.6 is 11.8 Å². The van der Waals surface area contributed by atoms with Crippen molar-refractivity contribution in [2.45, 2.75) is 37.7 Å². The first-order chi connectivity index (χ1) is 13.3. The summed E-state index contributed by atoms with van der Waals surface area (Å²) in [6.07, 6.45) is 0.